The van der Waals surface area contributed by atoms with Crippen LogP contribution in [0.5, 0.6) is 0 Å². The first kappa shape index (κ1) is 20.6. The third-order valence-corrected chi connectivity index (χ3v) is 4.46. The average Bonchev–Trinajstić information content (AvgIpc) is 2.66. The Balaban J connectivity index is 1.84. The number of rotatable bonds is 7. The van der Waals surface area contributed by atoms with Gasteiger partial charge in [-0.25, -0.2) is 0 Å². The Kier molecular flexibility index (Phi) is 7.55. The zero-order chi connectivity index (χ0) is 19.8. The molecule has 0 saturated carbocycles. The van der Waals surface area contributed by atoms with E-state index in [-0.39, 0.29) is 30.8 Å². The van der Waals surface area contributed by atoms with Crippen molar-refractivity contribution in [3.8, 4) is 0 Å². The Hall–Kier alpha value is -2.67. The van der Waals surface area contributed by atoms with Gasteiger partial charge in [-0.3, -0.25) is 14.4 Å². The van der Waals surface area contributed by atoms with Crippen LogP contribution in [0.15, 0.2) is 53.0 Å². The van der Waals surface area contributed by atoms with Crippen LogP contribution in [0.25, 0.3) is 0 Å². The summed E-state index contributed by atoms with van der Waals surface area (Å²) < 4.78 is 0.780. The van der Waals surface area contributed by atoms with Crippen LogP contribution in [0.2, 0.25) is 0 Å². The first-order valence-corrected chi connectivity index (χ1v) is 9.35. The first-order chi connectivity index (χ1) is 12.9. The monoisotopic (exact) mass is 431 g/mol. The number of para-hydroxylation sites is 1. The van der Waals surface area contributed by atoms with E-state index < -0.39 is 0 Å². The van der Waals surface area contributed by atoms with Crippen LogP contribution in [-0.4, -0.2) is 42.8 Å². The van der Waals surface area contributed by atoms with E-state index in [1.54, 1.807) is 18.2 Å². The largest absolute Gasteiger partial charge is 0.343 e. The molecule has 142 valence electrons. The number of likely N-dealkylation sites (N-methyl/N-ethyl adjacent to an activating group) is 1. The van der Waals surface area contributed by atoms with Crippen molar-refractivity contribution in [1.82, 2.24) is 10.2 Å². The average molecular weight is 432 g/mol. The molecule has 2 aromatic carbocycles. The summed E-state index contributed by atoms with van der Waals surface area (Å²) >= 11 is 3.30. The quantitative estimate of drug-likeness (QED) is 0.707. The highest BCUT2D eigenvalue weighted by Crippen LogP contribution is 2.15. The molecule has 2 aromatic rings. The van der Waals surface area contributed by atoms with Gasteiger partial charge >= 0.3 is 0 Å². The zero-order valence-electron chi connectivity index (χ0n) is 15.3. The van der Waals surface area contributed by atoms with E-state index in [0.29, 0.717) is 5.56 Å². The Labute approximate surface area is 167 Å². The van der Waals surface area contributed by atoms with Crippen LogP contribution < -0.4 is 10.6 Å². The molecule has 0 saturated heterocycles. The molecule has 0 fully saturated rings. The van der Waals surface area contributed by atoms with Gasteiger partial charge in [-0.1, -0.05) is 47.1 Å². The summed E-state index contributed by atoms with van der Waals surface area (Å²) in [5.74, 6) is -0.985. The minimum Gasteiger partial charge on any atom is -0.343 e. The number of nitrogens with zero attached hydrogens (tertiary/aromatic N) is 1. The fraction of sp³-hybridized carbons (Fsp3) is 0.250. The Morgan fingerprint density at radius 3 is 2.52 bits per heavy atom. The summed E-state index contributed by atoms with van der Waals surface area (Å²) in [6.07, 6.45) is 0.798. The van der Waals surface area contributed by atoms with Crippen LogP contribution in [0.4, 0.5) is 5.69 Å². The van der Waals surface area contributed by atoms with Crippen molar-refractivity contribution in [3.05, 3.63) is 64.1 Å². The van der Waals surface area contributed by atoms with Gasteiger partial charge in [-0.2, -0.15) is 0 Å². The highest BCUT2D eigenvalue weighted by Gasteiger charge is 2.15. The van der Waals surface area contributed by atoms with E-state index >= 15 is 0 Å². The third kappa shape index (κ3) is 6.21. The highest BCUT2D eigenvalue weighted by atomic mass is 79.9. The number of aryl methyl sites for hydroxylation is 1. The topological polar surface area (TPSA) is 78.5 Å². The molecule has 7 heteroatoms. The second kappa shape index (κ2) is 9.87. The van der Waals surface area contributed by atoms with Gasteiger partial charge < -0.3 is 15.5 Å². The molecule has 0 atom stereocenters. The van der Waals surface area contributed by atoms with E-state index in [4.69, 9.17) is 0 Å². The second-order valence-corrected chi connectivity index (χ2v) is 6.92. The fourth-order valence-electron chi connectivity index (χ4n) is 2.47. The van der Waals surface area contributed by atoms with Crippen molar-refractivity contribution in [1.29, 1.82) is 0 Å². The lowest BCUT2D eigenvalue weighted by Gasteiger charge is -2.18. The number of hydrogen-bond acceptors (Lipinski definition) is 3. The minimum absolute atomic E-state index is 0.0936. The molecular weight excluding hydrogens is 410 g/mol. The number of anilines is 1. The van der Waals surface area contributed by atoms with Gasteiger partial charge in [0.15, 0.2) is 0 Å². The number of halogens is 1. The predicted molar refractivity (Wildman–Crippen MR) is 109 cm³/mol. The van der Waals surface area contributed by atoms with Crippen molar-refractivity contribution in [2.45, 2.75) is 13.3 Å². The Morgan fingerprint density at radius 1 is 1.07 bits per heavy atom. The molecule has 27 heavy (non-hydrogen) atoms. The number of carbonyl (C=O) groups excluding carboxylic acids is 3. The number of benzene rings is 2. The Bertz CT molecular complexity index is 839. The predicted octanol–water partition coefficient (Wildman–Crippen LogP) is 2.84. The lowest BCUT2D eigenvalue weighted by Crippen LogP contribution is -2.41. The lowest BCUT2D eigenvalue weighted by molar-refractivity contribution is -0.132. The maximum atomic E-state index is 12.2. The zero-order valence-corrected chi connectivity index (χ0v) is 16.9. The molecule has 0 heterocycles. The maximum absolute atomic E-state index is 12.2. The summed E-state index contributed by atoms with van der Waals surface area (Å²) in [5, 5.41) is 5.38. The van der Waals surface area contributed by atoms with Gasteiger partial charge in [0.25, 0.3) is 5.91 Å². The van der Waals surface area contributed by atoms with Crippen LogP contribution in [0.3, 0.4) is 0 Å². The molecule has 0 spiro atoms. The summed E-state index contributed by atoms with van der Waals surface area (Å²) in [4.78, 5) is 37.7. The lowest BCUT2D eigenvalue weighted by atomic mass is 10.1. The van der Waals surface area contributed by atoms with Gasteiger partial charge in [-0.15, -0.1) is 0 Å². The number of carbonyl (C=O) groups is 3. The molecule has 6 nitrogen and oxygen atoms in total. The molecule has 0 aliphatic carbocycles. The highest BCUT2D eigenvalue weighted by molar-refractivity contribution is 9.10. The SMILES string of the molecule is CCc1ccccc1NC(=O)CN(C)C(=O)CNC(=O)c1cccc(Br)c1. The normalized spacial score (nSPS) is 10.2. The summed E-state index contributed by atoms with van der Waals surface area (Å²) in [5.41, 5.74) is 2.23. The standard InChI is InChI=1S/C20H22BrN3O3/c1-3-14-7-4-5-10-17(14)23-18(25)13-24(2)19(26)12-22-20(27)15-8-6-9-16(21)11-15/h4-11H,3,12-13H2,1-2H3,(H,22,27)(H,23,25). The molecule has 0 unspecified atom stereocenters. The fourth-order valence-corrected chi connectivity index (χ4v) is 2.87. The summed E-state index contributed by atoms with van der Waals surface area (Å²) in [6.45, 7) is 1.74. The van der Waals surface area contributed by atoms with Crippen LogP contribution in [0, 0.1) is 0 Å². The van der Waals surface area contributed by atoms with Crippen molar-refractivity contribution < 1.29 is 14.4 Å². The number of hydrogen-bond donors (Lipinski definition) is 2. The van der Waals surface area contributed by atoms with Gasteiger partial charge in [0, 0.05) is 22.8 Å². The number of nitrogens with one attached hydrogen (secondary N) is 2. The van der Waals surface area contributed by atoms with E-state index in [9.17, 15) is 14.4 Å². The van der Waals surface area contributed by atoms with Gasteiger partial charge in [0.05, 0.1) is 13.1 Å². The molecule has 2 rings (SSSR count). The van der Waals surface area contributed by atoms with E-state index in [1.807, 2.05) is 37.3 Å². The Morgan fingerprint density at radius 2 is 1.81 bits per heavy atom. The molecule has 0 aromatic heterocycles. The molecular formula is C20H22BrN3O3. The van der Waals surface area contributed by atoms with Crippen molar-refractivity contribution in [3.63, 3.8) is 0 Å². The third-order valence-electron chi connectivity index (χ3n) is 3.97. The van der Waals surface area contributed by atoms with Gasteiger partial charge in [0.1, 0.15) is 0 Å². The van der Waals surface area contributed by atoms with Crippen molar-refractivity contribution >= 4 is 39.3 Å². The van der Waals surface area contributed by atoms with Crippen LogP contribution in [-0.2, 0) is 16.0 Å². The van der Waals surface area contributed by atoms with E-state index in [0.717, 1.165) is 22.1 Å². The van der Waals surface area contributed by atoms with Crippen molar-refractivity contribution in [2.75, 3.05) is 25.5 Å². The molecule has 0 aliphatic rings. The maximum Gasteiger partial charge on any atom is 0.251 e. The smallest absolute Gasteiger partial charge is 0.251 e. The van der Waals surface area contributed by atoms with E-state index in [1.165, 1.54) is 11.9 Å². The molecule has 0 bridgehead atoms. The molecule has 0 radical (unpaired) electrons. The number of amides is 3. The minimum atomic E-state index is -0.350. The molecule has 3 amide bonds. The summed E-state index contributed by atoms with van der Waals surface area (Å²) in [6, 6.07) is 14.4. The van der Waals surface area contributed by atoms with Crippen molar-refractivity contribution in [2.24, 2.45) is 0 Å². The van der Waals surface area contributed by atoms with Crippen LogP contribution in [0.1, 0.15) is 22.8 Å². The van der Waals surface area contributed by atoms with Gasteiger partial charge in [-0.05, 0) is 36.2 Å². The second-order valence-electron chi connectivity index (χ2n) is 6.00. The molecule has 2 N–H and O–H groups in total. The van der Waals surface area contributed by atoms with Crippen LogP contribution >= 0.6 is 15.9 Å². The first-order valence-electron chi connectivity index (χ1n) is 8.56. The summed E-state index contributed by atoms with van der Waals surface area (Å²) in [7, 11) is 1.53. The van der Waals surface area contributed by atoms with E-state index in [2.05, 4.69) is 26.6 Å². The molecule has 0 aliphatic heterocycles. The van der Waals surface area contributed by atoms with Gasteiger partial charge in [0.2, 0.25) is 11.8 Å².